The number of carbonyl (C=O) groups excluding carboxylic acids is 2. The molecule has 0 spiro atoms. The average molecular weight is 239 g/mol. The minimum absolute atomic E-state index is 0.123. The topological polar surface area (TPSA) is 57.6 Å². The Hall–Kier alpha value is -0.900. The maximum Gasteiger partial charge on any atom is 0.232 e. The fraction of sp³-hybridized carbons (Fsp3) is 0.846. The summed E-state index contributed by atoms with van der Waals surface area (Å²) in [5, 5.41) is 10.4. The van der Waals surface area contributed by atoms with E-state index >= 15 is 0 Å². The summed E-state index contributed by atoms with van der Waals surface area (Å²) in [5.41, 5.74) is -0.845. The van der Waals surface area contributed by atoms with Crippen LogP contribution in [0.15, 0.2) is 0 Å². The number of hydrogen-bond acceptors (Lipinski definition) is 3. The minimum Gasteiger partial charge on any atom is -0.388 e. The van der Waals surface area contributed by atoms with Crippen molar-refractivity contribution in [1.82, 2.24) is 4.90 Å². The summed E-state index contributed by atoms with van der Waals surface area (Å²) in [6.07, 6.45) is 3.63. The van der Waals surface area contributed by atoms with Gasteiger partial charge in [-0.15, -0.1) is 0 Å². The van der Waals surface area contributed by atoms with Crippen LogP contribution in [0.4, 0.5) is 0 Å². The van der Waals surface area contributed by atoms with Gasteiger partial charge in [0.1, 0.15) is 0 Å². The predicted octanol–water partition coefficient (Wildman–Crippen LogP) is 1.32. The van der Waals surface area contributed by atoms with E-state index in [9.17, 15) is 14.7 Å². The molecule has 1 unspecified atom stereocenters. The lowest BCUT2D eigenvalue weighted by Crippen LogP contribution is -2.47. The summed E-state index contributed by atoms with van der Waals surface area (Å²) in [6, 6.07) is 0. The first-order valence-electron chi connectivity index (χ1n) is 6.48. The third-order valence-corrected chi connectivity index (χ3v) is 4.13. The van der Waals surface area contributed by atoms with Crippen LogP contribution in [0.2, 0.25) is 0 Å². The molecule has 4 heteroatoms. The third kappa shape index (κ3) is 2.51. The lowest BCUT2D eigenvalue weighted by molar-refractivity contribution is -0.144. The van der Waals surface area contributed by atoms with E-state index < -0.39 is 5.60 Å². The molecule has 1 aliphatic carbocycles. The first-order valence-corrected chi connectivity index (χ1v) is 6.48. The van der Waals surface area contributed by atoms with Crippen LogP contribution in [0.1, 0.15) is 46.0 Å². The number of aliphatic hydroxyl groups is 1. The van der Waals surface area contributed by atoms with Gasteiger partial charge < -0.3 is 5.11 Å². The molecular weight excluding hydrogens is 218 g/mol. The second-order valence-corrected chi connectivity index (χ2v) is 5.83. The highest BCUT2D eigenvalue weighted by Crippen LogP contribution is 2.33. The van der Waals surface area contributed by atoms with Crippen molar-refractivity contribution in [1.29, 1.82) is 0 Å². The van der Waals surface area contributed by atoms with Crippen LogP contribution >= 0.6 is 0 Å². The molecule has 2 aliphatic rings. The molecule has 1 heterocycles. The third-order valence-electron chi connectivity index (χ3n) is 4.13. The maximum absolute atomic E-state index is 11.8. The standard InChI is InChI=1S/C13H21NO3/c1-9-3-5-13(17,6-4-9)8-14-11(15)7-10(2)12(14)16/h9-10,17H,3-8H2,1-2H3. The summed E-state index contributed by atoms with van der Waals surface area (Å²) in [5.74, 6) is 0.171. The van der Waals surface area contributed by atoms with Gasteiger partial charge in [0.2, 0.25) is 11.8 Å². The molecule has 1 atom stereocenters. The van der Waals surface area contributed by atoms with Gasteiger partial charge in [0.15, 0.2) is 0 Å². The zero-order chi connectivity index (χ0) is 12.6. The molecule has 0 aromatic carbocycles. The van der Waals surface area contributed by atoms with E-state index in [-0.39, 0.29) is 24.3 Å². The second-order valence-electron chi connectivity index (χ2n) is 5.83. The van der Waals surface area contributed by atoms with E-state index in [4.69, 9.17) is 0 Å². The molecule has 17 heavy (non-hydrogen) atoms. The zero-order valence-electron chi connectivity index (χ0n) is 10.6. The maximum atomic E-state index is 11.8. The zero-order valence-corrected chi connectivity index (χ0v) is 10.6. The summed E-state index contributed by atoms with van der Waals surface area (Å²) in [6.45, 7) is 4.14. The van der Waals surface area contributed by atoms with E-state index in [0.717, 1.165) is 12.8 Å². The number of β-amino-alcohol motifs (C(OH)–C–C–N with tert-alkyl or cyclic N) is 1. The first-order chi connectivity index (χ1) is 7.91. The monoisotopic (exact) mass is 239 g/mol. The van der Waals surface area contributed by atoms with Gasteiger partial charge in [0, 0.05) is 12.3 Å². The van der Waals surface area contributed by atoms with Crippen LogP contribution < -0.4 is 0 Å². The van der Waals surface area contributed by atoms with Gasteiger partial charge >= 0.3 is 0 Å². The number of imide groups is 1. The highest BCUT2D eigenvalue weighted by molar-refractivity contribution is 6.03. The molecule has 0 aromatic rings. The fourth-order valence-corrected chi connectivity index (χ4v) is 2.77. The Bertz CT molecular complexity index is 332. The van der Waals surface area contributed by atoms with Gasteiger partial charge in [-0.25, -0.2) is 0 Å². The van der Waals surface area contributed by atoms with Crippen molar-refractivity contribution in [3.05, 3.63) is 0 Å². The SMILES string of the molecule is CC1CCC(O)(CN2C(=O)CC(C)C2=O)CC1. The van der Waals surface area contributed by atoms with Gasteiger partial charge in [-0.1, -0.05) is 13.8 Å². The normalized spacial score (nSPS) is 38.9. The van der Waals surface area contributed by atoms with Crippen LogP contribution in [0.3, 0.4) is 0 Å². The van der Waals surface area contributed by atoms with Crippen LogP contribution in [0, 0.1) is 11.8 Å². The summed E-state index contributed by atoms with van der Waals surface area (Å²) in [7, 11) is 0. The molecular formula is C13H21NO3. The molecule has 1 N–H and O–H groups in total. The molecule has 1 saturated carbocycles. The molecule has 4 nitrogen and oxygen atoms in total. The molecule has 0 aromatic heterocycles. The number of carbonyl (C=O) groups is 2. The Morgan fingerprint density at radius 1 is 1.29 bits per heavy atom. The number of likely N-dealkylation sites (tertiary alicyclic amines) is 1. The Labute approximate surface area is 102 Å². The fourth-order valence-electron chi connectivity index (χ4n) is 2.77. The quantitative estimate of drug-likeness (QED) is 0.739. The van der Waals surface area contributed by atoms with Crippen LogP contribution in [-0.2, 0) is 9.59 Å². The molecule has 2 amide bonds. The predicted molar refractivity (Wildman–Crippen MR) is 63.1 cm³/mol. The van der Waals surface area contributed by atoms with E-state index in [1.807, 2.05) is 0 Å². The van der Waals surface area contributed by atoms with E-state index in [1.54, 1.807) is 6.92 Å². The Balaban J connectivity index is 2.01. The Kier molecular flexibility index (Phi) is 3.25. The first kappa shape index (κ1) is 12.6. The molecule has 96 valence electrons. The van der Waals surface area contributed by atoms with Crippen LogP contribution in [0.5, 0.6) is 0 Å². The minimum atomic E-state index is -0.845. The van der Waals surface area contributed by atoms with Crippen molar-refractivity contribution in [2.45, 2.75) is 51.6 Å². The molecule has 0 bridgehead atoms. The molecule has 2 rings (SSSR count). The van der Waals surface area contributed by atoms with Gasteiger partial charge in [0.25, 0.3) is 0 Å². The lowest BCUT2D eigenvalue weighted by atomic mass is 9.79. The summed E-state index contributed by atoms with van der Waals surface area (Å²) in [4.78, 5) is 24.7. The highest BCUT2D eigenvalue weighted by atomic mass is 16.3. The van der Waals surface area contributed by atoms with Gasteiger partial charge in [0.05, 0.1) is 12.1 Å². The van der Waals surface area contributed by atoms with Crippen molar-refractivity contribution >= 4 is 11.8 Å². The summed E-state index contributed by atoms with van der Waals surface area (Å²) < 4.78 is 0. The highest BCUT2D eigenvalue weighted by Gasteiger charge is 2.42. The van der Waals surface area contributed by atoms with Crippen LogP contribution in [0.25, 0.3) is 0 Å². The second kappa shape index (κ2) is 4.41. The Morgan fingerprint density at radius 3 is 2.35 bits per heavy atom. The van der Waals surface area contributed by atoms with Crippen molar-refractivity contribution in [3.8, 4) is 0 Å². The van der Waals surface area contributed by atoms with E-state index in [2.05, 4.69) is 6.92 Å². The van der Waals surface area contributed by atoms with Crippen molar-refractivity contribution in [3.63, 3.8) is 0 Å². The van der Waals surface area contributed by atoms with Crippen molar-refractivity contribution < 1.29 is 14.7 Å². The van der Waals surface area contributed by atoms with E-state index in [1.165, 1.54) is 4.90 Å². The largest absolute Gasteiger partial charge is 0.388 e. The van der Waals surface area contributed by atoms with Gasteiger partial charge in [-0.05, 0) is 31.6 Å². The molecule has 2 fully saturated rings. The smallest absolute Gasteiger partial charge is 0.232 e. The average Bonchev–Trinajstić information content (AvgIpc) is 2.50. The van der Waals surface area contributed by atoms with Crippen LogP contribution in [-0.4, -0.2) is 34.0 Å². The molecule has 0 radical (unpaired) electrons. The van der Waals surface area contributed by atoms with Gasteiger partial charge in [-0.3, -0.25) is 14.5 Å². The molecule has 1 aliphatic heterocycles. The Morgan fingerprint density at radius 2 is 1.88 bits per heavy atom. The summed E-state index contributed by atoms with van der Waals surface area (Å²) >= 11 is 0. The van der Waals surface area contributed by atoms with E-state index in [0.29, 0.717) is 25.2 Å². The van der Waals surface area contributed by atoms with Crippen molar-refractivity contribution in [2.24, 2.45) is 11.8 Å². The number of rotatable bonds is 2. The van der Waals surface area contributed by atoms with Gasteiger partial charge in [-0.2, -0.15) is 0 Å². The number of nitrogens with zero attached hydrogens (tertiary/aromatic N) is 1. The number of hydrogen-bond donors (Lipinski definition) is 1. The molecule has 1 saturated heterocycles. The number of amides is 2. The lowest BCUT2D eigenvalue weighted by Gasteiger charge is -2.37. The van der Waals surface area contributed by atoms with Crippen molar-refractivity contribution in [2.75, 3.05) is 6.54 Å².